The third-order valence-electron chi connectivity index (χ3n) is 2.55. The zero-order valence-electron chi connectivity index (χ0n) is 11.6. The smallest absolute Gasteiger partial charge is 0.244 e. The molecule has 1 aromatic rings. The summed E-state index contributed by atoms with van der Waals surface area (Å²) in [5.74, 6) is 0.947. The van der Waals surface area contributed by atoms with Gasteiger partial charge < -0.3 is 16.0 Å². The van der Waals surface area contributed by atoms with Crippen molar-refractivity contribution in [2.45, 2.75) is 26.8 Å². The Morgan fingerprint density at radius 2 is 2.00 bits per heavy atom. The van der Waals surface area contributed by atoms with E-state index in [1.807, 2.05) is 20.8 Å². The molecule has 18 heavy (non-hydrogen) atoms. The van der Waals surface area contributed by atoms with Gasteiger partial charge in [0, 0.05) is 25.9 Å². The van der Waals surface area contributed by atoms with Crippen molar-refractivity contribution in [1.82, 2.24) is 14.9 Å². The van der Waals surface area contributed by atoms with Crippen molar-refractivity contribution in [3.8, 4) is 0 Å². The van der Waals surface area contributed by atoms with Gasteiger partial charge in [0.15, 0.2) is 0 Å². The van der Waals surface area contributed by atoms with Crippen LogP contribution in [0.1, 0.15) is 19.5 Å². The number of nitrogen functional groups attached to an aromatic ring is 1. The molecule has 6 nitrogen and oxygen atoms in total. The Balaban J connectivity index is 2.93. The van der Waals surface area contributed by atoms with E-state index in [0.717, 1.165) is 5.69 Å². The molecule has 100 valence electrons. The molecule has 3 N–H and O–H groups in total. The van der Waals surface area contributed by atoms with E-state index in [1.165, 1.54) is 0 Å². The highest BCUT2D eigenvalue weighted by Crippen LogP contribution is 2.14. The van der Waals surface area contributed by atoms with Crippen molar-refractivity contribution in [1.29, 1.82) is 0 Å². The largest absolute Gasteiger partial charge is 0.368 e. The summed E-state index contributed by atoms with van der Waals surface area (Å²) in [6, 6.07) is 1.45. The average Bonchev–Trinajstić information content (AvgIpc) is 2.23. The molecule has 1 heterocycles. The van der Waals surface area contributed by atoms with Gasteiger partial charge in [0.05, 0.1) is 0 Å². The highest BCUT2D eigenvalue weighted by Gasteiger charge is 2.24. The highest BCUT2D eigenvalue weighted by atomic mass is 16.2. The summed E-state index contributed by atoms with van der Waals surface area (Å²) in [6.45, 7) is 5.80. The van der Waals surface area contributed by atoms with E-state index in [-0.39, 0.29) is 23.8 Å². The highest BCUT2D eigenvalue weighted by molar-refractivity contribution is 5.84. The van der Waals surface area contributed by atoms with Crippen LogP contribution < -0.4 is 11.1 Å². The Morgan fingerprint density at radius 1 is 1.39 bits per heavy atom. The first-order valence-corrected chi connectivity index (χ1v) is 5.90. The van der Waals surface area contributed by atoms with E-state index in [4.69, 9.17) is 5.73 Å². The first-order chi connectivity index (χ1) is 8.31. The normalized spacial score (nSPS) is 12.3. The second kappa shape index (κ2) is 5.66. The van der Waals surface area contributed by atoms with Gasteiger partial charge in [0.2, 0.25) is 11.9 Å². The minimum atomic E-state index is -0.325. The molecule has 0 bridgehead atoms. The maximum Gasteiger partial charge on any atom is 0.244 e. The number of anilines is 2. The molecule has 0 spiro atoms. The summed E-state index contributed by atoms with van der Waals surface area (Å²) in [5, 5.41) is 3.12. The minimum absolute atomic E-state index is 0.0137. The molecule has 1 unspecified atom stereocenters. The lowest BCUT2D eigenvalue weighted by molar-refractivity contribution is -0.130. The molecule has 1 aromatic heterocycles. The van der Waals surface area contributed by atoms with Crippen LogP contribution in [0.15, 0.2) is 6.07 Å². The molecule has 6 heteroatoms. The zero-order chi connectivity index (χ0) is 13.9. The lowest BCUT2D eigenvalue weighted by atomic mass is 10.0. The number of carbonyl (C=O) groups is 1. The van der Waals surface area contributed by atoms with Crippen molar-refractivity contribution >= 4 is 17.7 Å². The van der Waals surface area contributed by atoms with Crippen LogP contribution in [-0.4, -0.2) is 40.9 Å². The molecule has 0 aromatic carbocycles. The number of nitrogens with one attached hydrogen (secondary N) is 1. The number of nitrogens with zero attached hydrogens (tertiary/aromatic N) is 3. The lowest BCUT2D eigenvalue weighted by Crippen LogP contribution is -2.42. The standard InChI is InChI=1S/C12H21N5O/c1-7(2)10(11(18)17(4)5)15-9-6-8(3)14-12(13)16-9/h6-7,10H,1-5H3,(H3,13,14,15,16). The van der Waals surface area contributed by atoms with Crippen LogP contribution in [0.25, 0.3) is 0 Å². The molecule has 0 aliphatic carbocycles. The van der Waals surface area contributed by atoms with Gasteiger partial charge in [0.25, 0.3) is 0 Å². The van der Waals surface area contributed by atoms with Crippen LogP contribution in [-0.2, 0) is 4.79 Å². The molecule has 0 fully saturated rings. The summed E-state index contributed by atoms with van der Waals surface area (Å²) < 4.78 is 0. The van der Waals surface area contributed by atoms with E-state index < -0.39 is 0 Å². The fraction of sp³-hybridized carbons (Fsp3) is 0.583. The predicted molar refractivity (Wildman–Crippen MR) is 72.1 cm³/mol. The summed E-state index contributed by atoms with van der Waals surface area (Å²) in [7, 11) is 3.47. The monoisotopic (exact) mass is 251 g/mol. The average molecular weight is 251 g/mol. The number of amides is 1. The Bertz CT molecular complexity index is 410. The lowest BCUT2D eigenvalue weighted by Gasteiger charge is -2.25. The van der Waals surface area contributed by atoms with Crippen molar-refractivity contribution in [3.63, 3.8) is 0 Å². The Morgan fingerprint density at radius 3 is 2.44 bits per heavy atom. The molecule has 0 radical (unpaired) electrons. The molecule has 0 saturated carbocycles. The predicted octanol–water partition coefficient (Wildman–Crippen LogP) is 0.892. The summed E-state index contributed by atoms with van der Waals surface area (Å²) in [6.07, 6.45) is 0. The second-order valence-electron chi connectivity index (χ2n) is 4.85. The quantitative estimate of drug-likeness (QED) is 0.830. The molecule has 1 amide bonds. The first-order valence-electron chi connectivity index (χ1n) is 5.90. The van der Waals surface area contributed by atoms with Crippen LogP contribution >= 0.6 is 0 Å². The molecule has 1 atom stereocenters. The van der Waals surface area contributed by atoms with Crippen LogP contribution in [0.2, 0.25) is 0 Å². The third-order valence-corrected chi connectivity index (χ3v) is 2.55. The van der Waals surface area contributed by atoms with Crippen molar-refractivity contribution < 1.29 is 4.79 Å². The Labute approximate surface area is 108 Å². The van der Waals surface area contributed by atoms with E-state index >= 15 is 0 Å². The number of aromatic nitrogens is 2. The third kappa shape index (κ3) is 3.58. The minimum Gasteiger partial charge on any atom is -0.368 e. The maximum atomic E-state index is 12.0. The topological polar surface area (TPSA) is 84.1 Å². The molecular weight excluding hydrogens is 230 g/mol. The van der Waals surface area contributed by atoms with E-state index in [0.29, 0.717) is 5.82 Å². The summed E-state index contributed by atoms with van der Waals surface area (Å²) >= 11 is 0. The van der Waals surface area contributed by atoms with Crippen molar-refractivity contribution in [3.05, 3.63) is 11.8 Å². The molecule has 0 saturated heterocycles. The van der Waals surface area contributed by atoms with E-state index in [9.17, 15) is 4.79 Å². The number of rotatable bonds is 4. The van der Waals surface area contributed by atoms with Crippen LogP contribution in [0.5, 0.6) is 0 Å². The summed E-state index contributed by atoms with van der Waals surface area (Å²) in [4.78, 5) is 21.7. The molecule has 0 aliphatic heterocycles. The fourth-order valence-electron chi connectivity index (χ4n) is 1.62. The number of hydrogen-bond acceptors (Lipinski definition) is 5. The van der Waals surface area contributed by atoms with Gasteiger partial charge in [-0.15, -0.1) is 0 Å². The van der Waals surface area contributed by atoms with Crippen LogP contribution in [0, 0.1) is 12.8 Å². The number of carbonyl (C=O) groups excluding carboxylic acids is 1. The first kappa shape index (κ1) is 14.2. The van der Waals surface area contributed by atoms with Gasteiger partial charge in [0.1, 0.15) is 11.9 Å². The van der Waals surface area contributed by atoms with Gasteiger partial charge in [-0.1, -0.05) is 13.8 Å². The SMILES string of the molecule is Cc1cc(NC(C(=O)N(C)C)C(C)C)nc(N)n1. The number of likely N-dealkylation sites (N-methyl/N-ethyl adjacent to an activating group) is 1. The molecule has 0 aliphatic rings. The number of hydrogen-bond donors (Lipinski definition) is 2. The van der Waals surface area contributed by atoms with Gasteiger partial charge in [-0.25, -0.2) is 4.98 Å². The van der Waals surface area contributed by atoms with Gasteiger partial charge in [-0.2, -0.15) is 4.98 Å². The van der Waals surface area contributed by atoms with E-state index in [2.05, 4.69) is 15.3 Å². The fourth-order valence-corrected chi connectivity index (χ4v) is 1.62. The van der Waals surface area contributed by atoms with Crippen molar-refractivity contribution in [2.75, 3.05) is 25.1 Å². The van der Waals surface area contributed by atoms with Crippen molar-refractivity contribution in [2.24, 2.45) is 5.92 Å². The zero-order valence-corrected chi connectivity index (χ0v) is 11.6. The number of aryl methyl sites for hydroxylation is 1. The Hall–Kier alpha value is -1.85. The molecular formula is C12H21N5O. The van der Waals surface area contributed by atoms with Crippen LogP contribution in [0.3, 0.4) is 0 Å². The number of nitrogens with two attached hydrogens (primary N) is 1. The van der Waals surface area contributed by atoms with Crippen LogP contribution in [0.4, 0.5) is 11.8 Å². The maximum absolute atomic E-state index is 12.0. The second-order valence-corrected chi connectivity index (χ2v) is 4.85. The van der Waals surface area contributed by atoms with E-state index in [1.54, 1.807) is 25.1 Å². The Kier molecular flexibility index (Phi) is 4.47. The molecule has 1 rings (SSSR count). The van der Waals surface area contributed by atoms with Gasteiger partial charge in [-0.05, 0) is 12.8 Å². The van der Waals surface area contributed by atoms with Gasteiger partial charge in [-0.3, -0.25) is 4.79 Å². The van der Waals surface area contributed by atoms with Gasteiger partial charge >= 0.3 is 0 Å². The summed E-state index contributed by atoms with van der Waals surface area (Å²) in [5.41, 5.74) is 6.36.